The molecule has 6 nitrogen and oxygen atoms in total. The molecule has 0 aliphatic heterocycles. The quantitative estimate of drug-likeness (QED) is 0.618. The third-order valence-electron chi connectivity index (χ3n) is 4.60. The molecule has 1 amide bonds. The molecular formula is C22H24N2O4S. The summed E-state index contributed by atoms with van der Waals surface area (Å²) in [6, 6.07) is 18.4. The minimum atomic E-state index is -3.88. The first kappa shape index (κ1) is 20.8. The van der Waals surface area contributed by atoms with Gasteiger partial charge in [0.25, 0.3) is 0 Å². The van der Waals surface area contributed by atoms with E-state index < -0.39 is 22.0 Å². The normalized spacial score (nSPS) is 12.7. The van der Waals surface area contributed by atoms with Gasteiger partial charge in [0.1, 0.15) is 11.8 Å². The van der Waals surface area contributed by atoms with Crippen molar-refractivity contribution in [2.24, 2.45) is 5.92 Å². The van der Waals surface area contributed by atoms with Crippen LogP contribution in [0.15, 0.2) is 71.6 Å². The predicted molar refractivity (Wildman–Crippen MR) is 115 cm³/mol. The molecule has 0 heterocycles. The monoisotopic (exact) mass is 412 g/mol. The Hall–Kier alpha value is -2.90. The molecule has 0 bridgehead atoms. The minimum Gasteiger partial charge on any atom is -0.497 e. The van der Waals surface area contributed by atoms with Gasteiger partial charge in [0.2, 0.25) is 15.9 Å². The number of carbonyl (C=O) groups is 1. The van der Waals surface area contributed by atoms with E-state index in [2.05, 4.69) is 10.0 Å². The van der Waals surface area contributed by atoms with Gasteiger partial charge in [-0.05, 0) is 41.0 Å². The number of sulfonamides is 1. The van der Waals surface area contributed by atoms with Crippen LogP contribution in [0, 0.1) is 5.92 Å². The summed E-state index contributed by atoms with van der Waals surface area (Å²) in [4.78, 5) is 12.9. The van der Waals surface area contributed by atoms with Crippen LogP contribution in [0.1, 0.15) is 13.8 Å². The van der Waals surface area contributed by atoms with Gasteiger partial charge in [0.05, 0.1) is 12.0 Å². The smallest absolute Gasteiger partial charge is 0.242 e. The third-order valence-corrected chi connectivity index (χ3v) is 6.04. The minimum absolute atomic E-state index is 0.121. The van der Waals surface area contributed by atoms with Crippen molar-refractivity contribution in [3.63, 3.8) is 0 Å². The van der Waals surface area contributed by atoms with Crippen molar-refractivity contribution in [1.29, 1.82) is 0 Å². The van der Waals surface area contributed by atoms with E-state index in [1.165, 1.54) is 7.11 Å². The van der Waals surface area contributed by atoms with Crippen LogP contribution in [0.25, 0.3) is 10.8 Å². The number of rotatable bonds is 7. The van der Waals surface area contributed by atoms with Crippen molar-refractivity contribution in [3.8, 4) is 5.75 Å². The summed E-state index contributed by atoms with van der Waals surface area (Å²) in [5, 5.41) is 4.52. The third kappa shape index (κ3) is 4.93. The number of nitrogens with one attached hydrogen (secondary N) is 2. The highest BCUT2D eigenvalue weighted by atomic mass is 32.2. The Morgan fingerprint density at radius 1 is 0.931 bits per heavy atom. The van der Waals surface area contributed by atoms with Gasteiger partial charge in [-0.3, -0.25) is 4.79 Å². The van der Waals surface area contributed by atoms with Crippen molar-refractivity contribution in [3.05, 3.63) is 66.7 Å². The van der Waals surface area contributed by atoms with Crippen molar-refractivity contribution in [2.45, 2.75) is 24.8 Å². The molecule has 2 N–H and O–H groups in total. The fourth-order valence-corrected chi connectivity index (χ4v) is 4.36. The molecule has 0 saturated heterocycles. The summed E-state index contributed by atoms with van der Waals surface area (Å²) < 4.78 is 33.6. The topological polar surface area (TPSA) is 84.5 Å². The van der Waals surface area contributed by atoms with Gasteiger partial charge in [-0.2, -0.15) is 4.72 Å². The summed E-state index contributed by atoms with van der Waals surface area (Å²) in [7, 11) is -2.34. The fourth-order valence-electron chi connectivity index (χ4n) is 2.98. The van der Waals surface area contributed by atoms with Crippen LogP contribution in [0.4, 0.5) is 5.69 Å². The number of hydrogen-bond donors (Lipinski definition) is 2. The summed E-state index contributed by atoms with van der Waals surface area (Å²) >= 11 is 0. The summed E-state index contributed by atoms with van der Waals surface area (Å²) in [5.74, 6) is -0.0888. The fraction of sp³-hybridized carbons (Fsp3) is 0.227. The molecule has 0 radical (unpaired) electrons. The Labute approximate surface area is 170 Å². The Morgan fingerprint density at radius 3 is 2.34 bits per heavy atom. The van der Waals surface area contributed by atoms with Gasteiger partial charge in [0.15, 0.2) is 0 Å². The average Bonchev–Trinajstić information content (AvgIpc) is 2.71. The van der Waals surface area contributed by atoms with Crippen LogP contribution in [0.2, 0.25) is 0 Å². The molecule has 0 aromatic heterocycles. The van der Waals surface area contributed by atoms with E-state index in [0.717, 1.165) is 10.8 Å². The van der Waals surface area contributed by atoms with Crippen molar-refractivity contribution in [2.75, 3.05) is 12.4 Å². The number of carbonyl (C=O) groups excluding carboxylic acids is 1. The molecule has 0 saturated carbocycles. The summed E-state index contributed by atoms with van der Waals surface area (Å²) in [6.45, 7) is 3.58. The Bertz CT molecular complexity index is 1130. The van der Waals surface area contributed by atoms with Gasteiger partial charge >= 0.3 is 0 Å². The van der Waals surface area contributed by atoms with E-state index in [0.29, 0.717) is 11.4 Å². The Kier molecular flexibility index (Phi) is 6.20. The molecule has 1 unspecified atom stereocenters. The van der Waals surface area contributed by atoms with Crippen LogP contribution < -0.4 is 14.8 Å². The zero-order valence-electron chi connectivity index (χ0n) is 16.5. The molecule has 0 aliphatic carbocycles. The van der Waals surface area contributed by atoms with Gasteiger partial charge < -0.3 is 10.1 Å². The lowest BCUT2D eigenvalue weighted by molar-refractivity contribution is -0.118. The first-order valence-corrected chi connectivity index (χ1v) is 10.7. The van der Waals surface area contributed by atoms with Crippen LogP contribution >= 0.6 is 0 Å². The lowest BCUT2D eigenvalue weighted by Crippen LogP contribution is -2.47. The predicted octanol–water partition coefficient (Wildman–Crippen LogP) is 3.79. The van der Waals surface area contributed by atoms with E-state index in [-0.39, 0.29) is 10.8 Å². The highest BCUT2D eigenvalue weighted by Crippen LogP contribution is 2.21. The molecule has 29 heavy (non-hydrogen) atoms. The zero-order chi connectivity index (χ0) is 21.0. The Balaban J connectivity index is 1.83. The first-order chi connectivity index (χ1) is 13.8. The standard InChI is InChI=1S/C22H24N2O4S/c1-15(2)21(22(25)23-18-9-6-10-19(14-18)28-3)24-29(26,27)20-12-11-16-7-4-5-8-17(16)13-20/h4-15,21,24H,1-3H3,(H,23,25). The maximum Gasteiger partial charge on any atom is 0.242 e. The van der Waals surface area contributed by atoms with Crippen molar-refractivity contribution >= 4 is 32.4 Å². The number of ether oxygens (including phenoxy) is 1. The molecule has 0 aliphatic rings. The number of anilines is 1. The molecule has 7 heteroatoms. The van der Waals surface area contributed by atoms with Crippen LogP contribution in [-0.4, -0.2) is 27.5 Å². The largest absolute Gasteiger partial charge is 0.497 e. The van der Waals surface area contributed by atoms with Crippen LogP contribution in [-0.2, 0) is 14.8 Å². The number of benzene rings is 3. The van der Waals surface area contributed by atoms with Crippen LogP contribution in [0.5, 0.6) is 5.75 Å². The van der Waals surface area contributed by atoms with Crippen molar-refractivity contribution in [1.82, 2.24) is 4.72 Å². The van der Waals surface area contributed by atoms with E-state index in [1.807, 2.05) is 24.3 Å². The Morgan fingerprint density at radius 2 is 1.66 bits per heavy atom. The molecule has 3 aromatic rings. The molecule has 1 atom stereocenters. The van der Waals surface area contributed by atoms with E-state index in [9.17, 15) is 13.2 Å². The molecule has 152 valence electrons. The summed E-state index contributed by atoms with van der Waals surface area (Å²) in [5.41, 5.74) is 0.532. The van der Waals surface area contributed by atoms with Gasteiger partial charge in [0, 0.05) is 11.8 Å². The molecule has 0 fully saturated rings. The maximum absolute atomic E-state index is 12.9. The van der Waals surface area contributed by atoms with E-state index in [1.54, 1.807) is 56.3 Å². The lowest BCUT2D eigenvalue weighted by Gasteiger charge is -2.22. The summed E-state index contributed by atoms with van der Waals surface area (Å²) in [6.07, 6.45) is 0. The zero-order valence-corrected chi connectivity index (χ0v) is 17.4. The SMILES string of the molecule is COc1cccc(NC(=O)C(NS(=O)(=O)c2ccc3ccccc3c2)C(C)C)c1. The average molecular weight is 413 g/mol. The number of hydrogen-bond acceptors (Lipinski definition) is 4. The number of fused-ring (bicyclic) bond motifs is 1. The van der Waals surface area contributed by atoms with Gasteiger partial charge in [-0.15, -0.1) is 0 Å². The number of methoxy groups -OCH3 is 1. The lowest BCUT2D eigenvalue weighted by atomic mass is 10.0. The second kappa shape index (κ2) is 8.63. The molecule has 0 spiro atoms. The van der Waals surface area contributed by atoms with Crippen LogP contribution in [0.3, 0.4) is 0 Å². The molecular weight excluding hydrogens is 388 g/mol. The highest BCUT2D eigenvalue weighted by molar-refractivity contribution is 7.89. The maximum atomic E-state index is 12.9. The second-order valence-electron chi connectivity index (χ2n) is 7.07. The van der Waals surface area contributed by atoms with Crippen molar-refractivity contribution < 1.29 is 17.9 Å². The highest BCUT2D eigenvalue weighted by Gasteiger charge is 2.28. The second-order valence-corrected chi connectivity index (χ2v) is 8.79. The van der Waals surface area contributed by atoms with E-state index in [4.69, 9.17) is 4.74 Å². The van der Waals surface area contributed by atoms with Gasteiger partial charge in [-0.25, -0.2) is 8.42 Å². The molecule has 3 aromatic carbocycles. The first-order valence-electron chi connectivity index (χ1n) is 9.26. The number of amides is 1. The molecule has 3 rings (SSSR count). The van der Waals surface area contributed by atoms with E-state index >= 15 is 0 Å². The van der Waals surface area contributed by atoms with Gasteiger partial charge in [-0.1, -0.05) is 50.2 Å².